The van der Waals surface area contributed by atoms with Crippen LogP contribution in [0.5, 0.6) is 5.75 Å². The number of halogens is 3. The van der Waals surface area contributed by atoms with Gasteiger partial charge < -0.3 is 19.4 Å². The Balaban J connectivity index is 1.20. The number of hydrogen-bond donors (Lipinski definition) is 1. The van der Waals surface area contributed by atoms with Crippen LogP contribution in [0, 0.1) is 17.8 Å². The molecule has 5 fully saturated rings. The molecule has 1 amide bonds. The Morgan fingerprint density at radius 3 is 2.41 bits per heavy atom. The molecule has 0 atom stereocenters. The van der Waals surface area contributed by atoms with Crippen molar-refractivity contribution in [2.24, 2.45) is 10.8 Å². The van der Waals surface area contributed by atoms with E-state index in [0.717, 1.165) is 53.3 Å². The number of nitrogens with zero attached hydrogens (tertiary/aromatic N) is 6. The Morgan fingerprint density at radius 2 is 1.76 bits per heavy atom. The number of ether oxygens (including phenoxy) is 1. The molecule has 11 nitrogen and oxygen atoms in total. The maximum atomic E-state index is 14.0. The molecule has 5 aliphatic rings. The van der Waals surface area contributed by atoms with E-state index in [1.54, 1.807) is 11.1 Å². The van der Waals surface area contributed by atoms with Crippen LogP contribution < -0.4 is 14.5 Å². The van der Waals surface area contributed by atoms with Gasteiger partial charge >= 0.3 is 6.18 Å². The van der Waals surface area contributed by atoms with Crippen LogP contribution in [-0.4, -0.2) is 103 Å². The summed E-state index contributed by atoms with van der Waals surface area (Å²) in [7, 11) is -3.06. The van der Waals surface area contributed by atoms with Crippen molar-refractivity contribution >= 4 is 49.3 Å². The van der Waals surface area contributed by atoms with Gasteiger partial charge in [0.05, 0.1) is 23.2 Å². The van der Waals surface area contributed by atoms with E-state index in [1.165, 1.54) is 6.08 Å². The Bertz CT molecular complexity index is 2210. The smallest absolute Gasteiger partial charge is 0.422 e. The summed E-state index contributed by atoms with van der Waals surface area (Å²) in [6.07, 6.45) is 1.89. The normalized spacial score (nSPS) is 21.8. The maximum absolute atomic E-state index is 14.0. The van der Waals surface area contributed by atoms with Crippen LogP contribution in [-0.2, 0) is 14.6 Å². The third kappa shape index (κ3) is 5.49. The molecule has 1 aliphatic carbocycles. The summed E-state index contributed by atoms with van der Waals surface area (Å²) in [5.41, 5.74) is 3.85. The van der Waals surface area contributed by atoms with E-state index in [4.69, 9.17) is 14.7 Å². The van der Waals surface area contributed by atoms with Gasteiger partial charge in [-0.1, -0.05) is 12.6 Å². The number of aromatic nitrogens is 4. The molecule has 2 aromatic heterocycles. The van der Waals surface area contributed by atoms with Crippen molar-refractivity contribution in [3.63, 3.8) is 0 Å². The molecule has 9 rings (SSSR count). The fourth-order valence-corrected chi connectivity index (χ4v) is 11.0. The van der Waals surface area contributed by atoms with E-state index in [9.17, 15) is 26.4 Å². The predicted octanol–water partition coefficient (Wildman–Crippen LogP) is 5.15. The number of carbonyl (C=O) groups is 1. The van der Waals surface area contributed by atoms with Crippen LogP contribution >= 0.6 is 0 Å². The number of alkyl halides is 3. The molecule has 1 N–H and O–H groups in total. The van der Waals surface area contributed by atoms with Gasteiger partial charge in [-0.3, -0.25) is 9.89 Å². The summed E-state index contributed by atoms with van der Waals surface area (Å²) in [5, 5.41) is 8.67. The van der Waals surface area contributed by atoms with Crippen molar-refractivity contribution in [1.29, 1.82) is 0 Å². The average molecular weight is 722 g/mol. The molecule has 51 heavy (non-hydrogen) atoms. The van der Waals surface area contributed by atoms with Gasteiger partial charge in [0.25, 0.3) is 0 Å². The summed E-state index contributed by atoms with van der Waals surface area (Å²) in [6, 6.07) is 5.90. The second kappa shape index (κ2) is 11.1. The van der Waals surface area contributed by atoms with Crippen molar-refractivity contribution in [3.8, 4) is 16.9 Å². The van der Waals surface area contributed by atoms with Crippen LogP contribution in [0.4, 0.5) is 24.9 Å². The molecule has 4 saturated heterocycles. The van der Waals surface area contributed by atoms with Crippen molar-refractivity contribution < 1.29 is 31.1 Å². The van der Waals surface area contributed by atoms with Crippen LogP contribution in [0.2, 0.25) is 0 Å². The van der Waals surface area contributed by atoms with E-state index in [0.29, 0.717) is 67.5 Å². The minimum absolute atomic E-state index is 0.00846. The van der Waals surface area contributed by atoms with Crippen LogP contribution in [0.25, 0.3) is 32.9 Å². The van der Waals surface area contributed by atoms with Crippen LogP contribution in [0.15, 0.2) is 37.1 Å². The summed E-state index contributed by atoms with van der Waals surface area (Å²) in [6.45, 7) is 7.60. The van der Waals surface area contributed by atoms with E-state index < -0.39 is 22.6 Å². The number of likely N-dealkylation sites (tertiary alicyclic amines) is 1. The van der Waals surface area contributed by atoms with Gasteiger partial charge in [0.15, 0.2) is 22.2 Å². The first-order chi connectivity index (χ1) is 24.2. The number of aromatic amines is 1. The van der Waals surface area contributed by atoms with Crippen molar-refractivity contribution in [3.05, 3.63) is 48.2 Å². The number of carbonyl (C=O) groups excluding carboxylic acids is 1. The zero-order chi connectivity index (χ0) is 35.5. The molecule has 268 valence electrons. The lowest BCUT2D eigenvalue weighted by Crippen LogP contribution is -2.68. The van der Waals surface area contributed by atoms with Gasteiger partial charge in [-0.15, -0.1) is 0 Å². The first kappa shape index (κ1) is 32.5. The number of hydrogen-bond acceptors (Lipinski definition) is 9. The standard InChI is InChI=1S/C36H38F3N7O4S/c1-3-27(47)45-14-34(15-45)8-10-44(11-9-34)32-24-12-23(22-5-6-22)29(28-21(2)4-7-26-25(28)13-40-43-26)31(50-18-36(37,38)39)30(24)41-33(42-32)46-16-35(17-46)19-51(48,49)20-35/h3-4,7,12-13,22H,1,5-6,8-11,14-20H2,2H3,(H,40,43). The number of piperidine rings is 1. The number of amides is 1. The number of sulfone groups is 1. The highest BCUT2D eigenvalue weighted by Gasteiger charge is 2.57. The maximum Gasteiger partial charge on any atom is 0.422 e. The third-order valence-corrected chi connectivity index (χ3v) is 13.6. The number of fused-ring (bicyclic) bond motifs is 2. The first-order valence-electron chi connectivity index (χ1n) is 17.4. The van der Waals surface area contributed by atoms with Gasteiger partial charge in [0.1, 0.15) is 11.3 Å². The summed E-state index contributed by atoms with van der Waals surface area (Å²) in [5.74, 6) is 1.33. The molecule has 0 bridgehead atoms. The zero-order valence-electron chi connectivity index (χ0n) is 28.2. The SMILES string of the molecule is C=CC(=O)N1CC2(CCN(c3nc(N4CC5(C4)CS(=O)(=O)C5)nc4c(OCC(F)(F)F)c(-c5c(C)ccc6[nH]ncc56)c(C5CC5)cc34)CC2)C1. The number of aryl methyl sites for hydroxylation is 1. The number of nitrogens with one attached hydrogen (secondary N) is 1. The predicted molar refractivity (Wildman–Crippen MR) is 187 cm³/mol. The Kier molecular flexibility index (Phi) is 7.04. The molecular formula is C36H38F3N7O4S. The highest BCUT2D eigenvalue weighted by atomic mass is 32.2. The zero-order valence-corrected chi connectivity index (χ0v) is 29.0. The molecule has 4 aliphatic heterocycles. The fraction of sp³-hybridized carbons (Fsp3) is 0.500. The highest BCUT2D eigenvalue weighted by molar-refractivity contribution is 7.92. The summed E-state index contributed by atoms with van der Waals surface area (Å²) >= 11 is 0. The molecule has 6 heterocycles. The second-order valence-corrected chi connectivity index (χ2v) is 17.5. The molecule has 2 aromatic carbocycles. The topological polar surface area (TPSA) is 125 Å². The van der Waals surface area contributed by atoms with Gasteiger partial charge in [-0.05, 0) is 73.4 Å². The number of rotatable bonds is 7. The molecule has 1 saturated carbocycles. The summed E-state index contributed by atoms with van der Waals surface area (Å²) < 4.78 is 72.1. The second-order valence-electron chi connectivity index (χ2n) is 15.5. The van der Waals surface area contributed by atoms with E-state index >= 15 is 0 Å². The molecule has 0 unspecified atom stereocenters. The molecular weight excluding hydrogens is 684 g/mol. The fourth-order valence-electron chi connectivity index (χ4n) is 8.87. The Labute approximate surface area is 292 Å². The third-order valence-electron chi connectivity index (χ3n) is 11.5. The van der Waals surface area contributed by atoms with Crippen LogP contribution in [0.1, 0.15) is 42.7 Å². The quantitative estimate of drug-likeness (QED) is 0.258. The highest BCUT2D eigenvalue weighted by Crippen LogP contribution is 2.54. The lowest BCUT2D eigenvalue weighted by Gasteiger charge is -2.55. The van der Waals surface area contributed by atoms with Gasteiger partial charge in [0, 0.05) is 66.4 Å². The Morgan fingerprint density at radius 1 is 1.04 bits per heavy atom. The molecule has 4 aromatic rings. The van der Waals surface area contributed by atoms with E-state index in [1.807, 2.05) is 24.0 Å². The van der Waals surface area contributed by atoms with E-state index in [2.05, 4.69) is 27.7 Å². The Hall–Kier alpha value is -4.40. The summed E-state index contributed by atoms with van der Waals surface area (Å²) in [4.78, 5) is 28.2. The first-order valence-corrected chi connectivity index (χ1v) is 19.2. The average Bonchev–Trinajstić information content (AvgIpc) is 3.78. The lowest BCUT2D eigenvalue weighted by molar-refractivity contribution is -0.153. The minimum atomic E-state index is -4.60. The molecule has 2 spiro atoms. The van der Waals surface area contributed by atoms with Crippen molar-refractivity contribution in [2.75, 3.05) is 67.2 Å². The van der Waals surface area contributed by atoms with Gasteiger partial charge in [0.2, 0.25) is 11.9 Å². The molecule has 15 heteroatoms. The monoisotopic (exact) mass is 721 g/mol. The van der Waals surface area contributed by atoms with Crippen molar-refractivity contribution in [2.45, 2.75) is 44.7 Å². The number of anilines is 2. The van der Waals surface area contributed by atoms with E-state index in [-0.39, 0.29) is 39.9 Å². The number of benzene rings is 2. The van der Waals surface area contributed by atoms with Crippen LogP contribution in [0.3, 0.4) is 0 Å². The molecule has 0 radical (unpaired) electrons. The largest absolute Gasteiger partial charge is 0.481 e. The lowest BCUT2D eigenvalue weighted by atomic mass is 9.72. The van der Waals surface area contributed by atoms with Gasteiger partial charge in [-0.2, -0.15) is 23.3 Å². The van der Waals surface area contributed by atoms with Gasteiger partial charge in [-0.25, -0.2) is 13.4 Å². The van der Waals surface area contributed by atoms with Crippen molar-refractivity contribution in [1.82, 2.24) is 25.1 Å². The minimum Gasteiger partial charge on any atom is -0.481 e. The number of H-pyrrole nitrogens is 1.